The van der Waals surface area contributed by atoms with Crippen LogP contribution in [0, 0.1) is 0 Å². The lowest BCUT2D eigenvalue weighted by Crippen LogP contribution is -2.23. The van der Waals surface area contributed by atoms with Crippen molar-refractivity contribution in [2.75, 3.05) is 0 Å². The van der Waals surface area contributed by atoms with Crippen LogP contribution in [0.15, 0.2) is 29.1 Å². The van der Waals surface area contributed by atoms with Gasteiger partial charge in [-0.2, -0.15) is 5.10 Å². The van der Waals surface area contributed by atoms with Crippen LogP contribution in [0.2, 0.25) is 10.0 Å². The fourth-order valence-corrected chi connectivity index (χ4v) is 2.08. The number of aromatic nitrogens is 2. The molecule has 0 saturated carbocycles. The lowest BCUT2D eigenvalue weighted by molar-refractivity contribution is 0.990. The van der Waals surface area contributed by atoms with Crippen LogP contribution in [0.25, 0.3) is 11.3 Å². The highest BCUT2D eigenvalue weighted by Gasteiger charge is 2.10. The zero-order valence-electron chi connectivity index (χ0n) is 8.91. The summed E-state index contributed by atoms with van der Waals surface area (Å²) in [6.45, 7) is 0. The monoisotopic (exact) mass is 299 g/mol. The van der Waals surface area contributed by atoms with Crippen LogP contribution in [-0.4, -0.2) is 15.2 Å². The SMILES string of the molecule is NC(=S)c1cc(-c2ccc(Cl)cc2Cl)n[nH]c1=O. The van der Waals surface area contributed by atoms with E-state index in [1.165, 1.54) is 6.07 Å². The topological polar surface area (TPSA) is 71.8 Å². The van der Waals surface area contributed by atoms with E-state index in [1.807, 2.05) is 0 Å². The minimum atomic E-state index is -0.434. The Labute approximate surface area is 118 Å². The van der Waals surface area contributed by atoms with Crippen molar-refractivity contribution in [2.24, 2.45) is 5.73 Å². The molecule has 2 aromatic rings. The molecule has 0 saturated heterocycles. The number of halogens is 2. The van der Waals surface area contributed by atoms with E-state index in [-0.39, 0.29) is 10.6 Å². The molecule has 1 heterocycles. The maximum absolute atomic E-state index is 11.4. The van der Waals surface area contributed by atoms with Crippen molar-refractivity contribution in [1.82, 2.24) is 10.2 Å². The van der Waals surface area contributed by atoms with Crippen molar-refractivity contribution in [1.29, 1.82) is 0 Å². The molecule has 3 N–H and O–H groups in total. The van der Waals surface area contributed by atoms with Crippen LogP contribution in [-0.2, 0) is 0 Å². The molecule has 4 nitrogen and oxygen atoms in total. The number of hydrogen-bond donors (Lipinski definition) is 2. The van der Waals surface area contributed by atoms with Crippen LogP contribution in [0.4, 0.5) is 0 Å². The number of nitrogens with two attached hydrogens (primary N) is 1. The van der Waals surface area contributed by atoms with Gasteiger partial charge >= 0.3 is 0 Å². The smallest absolute Gasteiger partial charge is 0.274 e. The summed E-state index contributed by atoms with van der Waals surface area (Å²) in [5.74, 6) is 0. The summed E-state index contributed by atoms with van der Waals surface area (Å²) in [6, 6.07) is 6.46. The standard InChI is InChI=1S/C11H7Cl2N3OS/c12-5-1-2-6(8(13)3-5)9-4-7(10(14)18)11(17)16-15-9/h1-4H,(H2,14,18)(H,16,17). The van der Waals surface area contributed by atoms with Crippen molar-refractivity contribution in [3.05, 3.63) is 50.2 Å². The highest BCUT2D eigenvalue weighted by Crippen LogP contribution is 2.28. The van der Waals surface area contributed by atoms with E-state index in [0.717, 1.165) is 0 Å². The van der Waals surface area contributed by atoms with E-state index in [2.05, 4.69) is 10.2 Å². The number of H-pyrrole nitrogens is 1. The van der Waals surface area contributed by atoms with Gasteiger partial charge in [0.25, 0.3) is 5.56 Å². The second kappa shape index (κ2) is 5.06. The van der Waals surface area contributed by atoms with E-state index in [0.29, 0.717) is 21.3 Å². The van der Waals surface area contributed by atoms with Gasteiger partial charge in [-0.05, 0) is 24.3 Å². The molecule has 0 fully saturated rings. The van der Waals surface area contributed by atoms with Gasteiger partial charge in [0.1, 0.15) is 4.99 Å². The molecule has 0 aliphatic heterocycles. The summed E-state index contributed by atoms with van der Waals surface area (Å²) >= 11 is 16.7. The van der Waals surface area contributed by atoms with Crippen molar-refractivity contribution in [2.45, 2.75) is 0 Å². The fourth-order valence-electron chi connectivity index (χ4n) is 1.42. The first kappa shape index (κ1) is 13.0. The van der Waals surface area contributed by atoms with Crippen molar-refractivity contribution in [3.8, 4) is 11.3 Å². The predicted molar refractivity (Wildman–Crippen MR) is 76.2 cm³/mol. The van der Waals surface area contributed by atoms with E-state index in [1.54, 1.807) is 18.2 Å². The Morgan fingerprint density at radius 2 is 2.06 bits per heavy atom. The lowest BCUT2D eigenvalue weighted by atomic mass is 10.1. The molecule has 2 rings (SSSR count). The number of nitrogens with zero attached hydrogens (tertiary/aromatic N) is 1. The molecule has 0 bridgehead atoms. The molecule has 0 unspecified atom stereocenters. The summed E-state index contributed by atoms with van der Waals surface area (Å²) in [6.07, 6.45) is 0. The van der Waals surface area contributed by atoms with E-state index in [4.69, 9.17) is 41.2 Å². The zero-order chi connectivity index (χ0) is 13.3. The number of nitrogens with one attached hydrogen (secondary N) is 1. The molecular weight excluding hydrogens is 293 g/mol. The van der Waals surface area contributed by atoms with Gasteiger partial charge in [0, 0.05) is 10.6 Å². The van der Waals surface area contributed by atoms with Gasteiger partial charge in [0.2, 0.25) is 0 Å². The first-order valence-electron chi connectivity index (χ1n) is 4.84. The first-order chi connectivity index (χ1) is 8.49. The van der Waals surface area contributed by atoms with Crippen molar-refractivity contribution >= 4 is 40.4 Å². The molecular formula is C11H7Cl2N3OS. The van der Waals surface area contributed by atoms with Gasteiger partial charge in [-0.3, -0.25) is 4.79 Å². The molecule has 7 heteroatoms. The van der Waals surface area contributed by atoms with Crippen LogP contribution < -0.4 is 11.3 Å². The molecule has 1 aromatic carbocycles. The third-order valence-electron chi connectivity index (χ3n) is 2.28. The van der Waals surface area contributed by atoms with Crippen LogP contribution in [0.3, 0.4) is 0 Å². The number of hydrogen-bond acceptors (Lipinski definition) is 3. The van der Waals surface area contributed by atoms with Crippen molar-refractivity contribution in [3.63, 3.8) is 0 Å². The Hall–Kier alpha value is -1.43. The predicted octanol–water partition coefficient (Wildman–Crippen LogP) is 2.38. The second-order valence-electron chi connectivity index (χ2n) is 3.48. The molecule has 0 aliphatic rings. The highest BCUT2D eigenvalue weighted by molar-refractivity contribution is 7.80. The molecule has 92 valence electrons. The molecule has 0 radical (unpaired) electrons. The average molecular weight is 300 g/mol. The second-order valence-corrected chi connectivity index (χ2v) is 4.77. The highest BCUT2D eigenvalue weighted by atomic mass is 35.5. The molecule has 0 aliphatic carbocycles. The van der Waals surface area contributed by atoms with Gasteiger partial charge in [-0.1, -0.05) is 35.4 Å². The molecule has 18 heavy (non-hydrogen) atoms. The Balaban J connectivity index is 2.61. The molecule has 0 spiro atoms. The largest absolute Gasteiger partial charge is 0.389 e. The van der Waals surface area contributed by atoms with Gasteiger partial charge in [-0.15, -0.1) is 0 Å². The quantitative estimate of drug-likeness (QED) is 0.835. The van der Waals surface area contributed by atoms with Gasteiger partial charge in [-0.25, -0.2) is 5.10 Å². The number of benzene rings is 1. The van der Waals surface area contributed by atoms with Gasteiger partial charge < -0.3 is 5.73 Å². The van der Waals surface area contributed by atoms with Gasteiger partial charge in [0.15, 0.2) is 0 Å². The summed E-state index contributed by atoms with van der Waals surface area (Å²) in [5, 5.41) is 7.17. The van der Waals surface area contributed by atoms with Crippen LogP contribution in [0.1, 0.15) is 5.56 Å². The minimum absolute atomic E-state index is 0.00462. The Morgan fingerprint density at radius 1 is 1.33 bits per heavy atom. The normalized spacial score (nSPS) is 10.3. The minimum Gasteiger partial charge on any atom is -0.389 e. The summed E-state index contributed by atoms with van der Waals surface area (Å²) in [5.41, 5.74) is 6.32. The summed E-state index contributed by atoms with van der Waals surface area (Å²) in [4.78, 5) is 11.4. The number of rotatable bonds is 2. The van der Waals surface area contributed by atoms with E-state index in [9.17, 15) is 4.79 Å². The third-order valence-corrected chi connectivity index (χ3v) is 3.04. The zero-order valence-corrected chi connectivity index (χ0v) is 11.2. The van der Waals surface area contributed by atoms with Crippen molar-refractivity contribution < 1.29 is 0 Å². The average Bonchev–Trinajstić information content (AvgIpc) is 2.30. The number of thiocarbonyl (C=S) groups is 1. The van der Waals surface area contributed by atoms with Crippen LogP contribution in [0.5, 0.6) is 0 Å². The summed E-state index contributed by atoms with van der Waals surface area (Å²) in [7, 11) is 0. The molecule has 0 amide bonds. The fraction of sp³-hybridized carbons (Fsp3) is 0. The first-order valence-corrected chi connectivity index (χ1v) is 6.00. The maximum atomic E-state index is 11.4. The molecule has 1 aromatic heterocycles. The molecule has 0 atom stereocenters. The summed E-state index contributed by atoms with van der Waals surface area (Å²) < 4.78 is 0. The lowest BCUT2D eigenvalue weighted by Gasteiger charge is -2.05. The van der Waals surface area contributed by atoms with Gasteiger partial charge in [0.05, 0.1) is 16.3 Å². The Kier molecular flexibility index (Phi) is 3.65. The number of aromatic amines is 1. The van der Waals surface area contributed by atoms with Crippen LogP contribution >= 0.6 is 35.4 Å². The van der Waals surface area contributed by atoms with E-state index < -0.39 is 5.56 Å². The third kappa shape index (κ3) is 2.53. The Bertz CT molecular complexity index is 684. The maximum Gasteiger partial charge on any atom is 0.274 e. The Morgan fingerprint density at radius 3 is 2.67 bits per heavy atom. The van der Waals surface area contributed by atoms with E-state index >= 15 is 0 Å².